The van der Waals surface area contributed by atoms with E-state index in [0.717, 1.165) is 32.2 Å². The van der Waals surface area contributed by atoms with Crippen molar-refractivity contribution in [2.45, 2.75) is 57.1 Å². The molecule has 142 valence electrons. The molecule has 0 spiro atoms. The number of methoxy groups -OCH3 is 1. The van der Waals surface area contributed by atoms with Gasteiger partial charge in [-0.2, -0.15) is 0 Å². The van der Waals surface area contributed by atoms with Crippen LogP contribution in [-0.4, -0.2) is 38.3 Å². The van der Waals surface area contributed by atoms with E-state index in [1.165, 1.54) is 11.1 Å². The summed E-state index contributed by atoms with van der Waals surface area (Å²) in [5, 5.41) is 3.68. The molecule has 0 radical (unpaired) electrons. The smallest absolute Gasteiger partial charge is 0.248 e. The van der Waals surface area contributed by atoms with Crippen LogP contribution in [0.1, 0.15) is 54.6 Å². The molecule has 0 heterocycles. The van der Waals surface area contributed by atoms with E-state index in [1.807, 2.05) is 18.2 Å². The SMILES string of the molecule is CCC1(CC)c2cc(C(N)=O)ccc2C[C@H](OC)[C@H]1NCCCN.Cl. The van der Waals surface area contributed by atoms with Crippen LogP contribution in [0.2, 0.25) is 0 Å². The number of carbonyl (C=O) groups is 1. The Bertz CT molecular complexity index is 576. The van der Waals surface area contributed by atoms with Crippen LogP contribution in [-0.2, 0) is 16.6 Å². The van der Waals surface area contributed by atoms with Crippen molar-refractivity contribution in [2.75, 3.05) is 20.2 Å². The van der Waals surface area contributed by atoms with E-state index < -0.39 is 0 Å². The summed E-state index contributed by atoms with van der Waals surface area (Å²) >= 11 is 0. The van der Waals surface area contributed by atoms with Gasteiger partial charge in [-0.3, -0.25) is 4.79 Å². The molecule has 5 nitrogen and oxygen atoms in total. The monoisotopic (exact) mass is 369 g/mol. The van der Waals surface area contributed by atoms with Gasteiger partial charge < -0.3 is 21.5 Å². The number of carbonyl (C=O) groups excluding carboxylic acids is 1. The first-order valence-corrected chi connectivity index (χ1v) is 8.93. The molecule has 1 aliphatic carbocycles. The van der Waals surface area contributed by atoms with E-state index in [9.17, 15) is 4.79 Å². The molecular formula is C19H32ClN3O2. The molecule has 0 aromatic heterocycles. The van der Waals surface area contributed by atoms with Gasteiger partial charge in [-0.15, -0.1) is 12.4 Å². The predicted octanol–water partition coefficient (Wildman–Crippen LogP) is 2.14. The average molecular weight is 370 g/mol. The zero-order valence-electron chi connectivity index (χ0n) is 15.5. The van der Waals surface area contributed by atoms with Crippen LogP contribution in [0, 0.1) is 0 Å². The molecule has 0 saturated carbocycles. The highest BCUT2D eigenvalue weighted by molar-refractivity contribution is 5.93. The molecule has 25 heavy (non-hydrogen) atoms. The summed E-state index contributed by atoms with van der Waals surface area (Å²) in [6.45, 7) is 5.96. The lowest BCUT2D eigenvalue weighted by Gasteiger charge is -2.49. The van der Waals surface area contributed by atoms with E-state index >= 15 is 0 Å². The molecule has 0 aliphatic heterocycles. The molecule has 0 fully saturated rings. The maximum atomic E-state index is 11.7. The summed E-state index contributed by atoms with van der Waals surface area (Å²) in [6.07, 6.45) is 3.82. The van der Waals surface area contributed by atoms with Gasteiger partial charge in [0.05, 0.1) is 6.10 Å². The zero-order chi connectivity index (χ0) is 17.7. The van der Waals surface area contributed by atoms with Gasteiger partial charge in [0, 0.05) is 30.6 Å². The number of nitrogens with one attached hydrogen (secondary N) is 1. The van der Waals surface area contributed by atoms with Gasteiger partial charge in [0.2, 0.25) is 5.91 Å². The molecule has 0 bridgehead atoms. The Labute approximate surface area is 157 Å². The van der Waals surface area contributed by atoms with Gasteiger partial charge in [-0.1, -0.05) is 19.9 Å². The highest BCUT2D eigenvalue weighted by atomic mass is 35.5. The normalized spacial score (nSPS) is 21.3. The number of hydrogen-bond acceptors (Lipinski definition) is 4. The van der Waals surface area contributed by atoms with Gasteiger partial charge in [0.25, 0.3) is 0 Å². The standard InChI is InChI=1S/C19H31N3O2.ClH/c1-4-19(5-2)15-11-14(18(21)23)8-7-13(15)12-16(24-3)17(19)22-10-6-9-20;/h7-8,11,16-17,22H,4-6,9-10,12,20H2,1-3H3,(H2,21,23);1H/t16-,17+;/m0./s1. The van der Waals surface area contributed by atoms with E-state index in [-0.39, 0.29) is 35.9 Å². The van der Waals surface area contributed by atoms with Crippen LogP contribution >= 0.6 is 12.4 Å². The summed E-state index contributed by atoms with van der Waals surface area (Å²) < 4.78 is 5.84. The highest BCUT2D eigenvalue weighted by Crippen LogP contribution is 2.44. The second-order valence-electron chi connectivity index (χ2n) is 6.65. The van der Waals surface area contributed by atoms with Crippen molar-refractivity contribution in [3.63, 3.8) is 0 Å². The molecule has 6 heteroatoms. The van der Waals surface area contributed by atoms with Crippen molar-refractivity contribution >= 4 is 18.3 Å². The summed E-state index contributed by atoms with van der Waals surface area (Å²) in [4.78, 5) is 11.7. The largest absolute Gasteiger partial charge is 0.379 e. The quantitative estimate of drug-likeness (QED) is 0.612. The number of fused-ring (bicyclic) bond motifs is 1. The first-order chi connectivity index (χ1) is 11.5. The zero-order valence-corrected chi connectivity index (χ0v) is 16.3. The molecule has 1 amide bonds. The first-order valence-electron chi connectivity index (χ1n) is 8.93. The fourth-order valence-electron chi connectivity index (χ4n) is 4.21. The molecule has 0 unspecified atom stereocenters. The second kappa shape index (κ2) is 9.53. The molecule has 2 atom stereocenters. The van der Waals surface area contributed by atoms with Gasteiger partial charge in [0.1, 0.15) is 0 Å². The summed E-state index contributed by atoms with van der Waals surface area (Å²) in [7, 11) is 1.78. The number of primary amides is 1. The minimum atomic E-state index is -0.375. The molecule has 0 saturated heterocycles. The van der Waals surface area contributed by atoms with Crippen molar-refractivity contribution in [3.05, 3.63) is 34.9 Å². The van der Waals surface area contributed by atoms with Gasteiger partial charge in [-0.05, 0) is 55.6 Å². The highest BCUT2D eigenvalue weighted by Gasteiger charge is 2.46. The third-order valence-corrected chi connectivity index (χ3v) is 5.63. The molecule has 2 rings (SSSR count). The fourth-order valence-corrected chi connectivity index (χ4v) is 4.21. The summed E-state index contributed by atoms with van der Waals surface area (Å²) in [5.41, 5.74) is 14.2. The first kappa shape index (κ1) is 21.9. The van der Waals surface area contributed by atoms with Crippen LogP contribution in [0.5, 0.6) is 0 Å². The van der Waals surface area contributed by atoms with E-state index in [4.69, 9.17) is 16.2 Å². The molecule has 1 aromatic rings. The maximum absolute atomic E-state index is 11.7. The maximum Gasteiger partial charge on any atom is 0.248 e. The van der Waals surface area contributed by atoms with Crippen molar-refractivity contribution in [2.24, 2.45) is 11.5 Å². The van der Waals surface area contributed by atoms with E-state index in [2.05, 4.69) is 19.2 Å². The van der Waals surface area contributed by atoms with Crippen molar-refractivity contribution < 1.29 is 9.53 Å². The minimum absolute atomic E-state index is 0. The van der Waals surface area contributed by atoms with Crippen LogP contribution < -0.4 is 16.8 Å². The number of ether oxygens (including phenoxy) is 1. The van der Waals surface area contributed by atoms with E-state index in [0.29, 0.717) is 12.1 Å². The Hall–Kier alpha value is -1.14. The number of amides is 1. The predicted molar refractivity (Wildman–Crippen MR) is 104 cm³/mol. The lowest BCUT2D eigenvalue weighted by molar-refractivity contribution is 0.0245. The van der Waals surface area contributed by atoms with E-state index in [1.54, 1.807) is 7.11 Å². The number of halogens is 1. The number of nitrogens with two attached hydrogens (primary N) is 2. The Morgan fingerprint density at radius 3 is 2.56 bits per heavy atom. The molecule has 1 aromatic carbocycles. The average Bonchev–Trinajstić information content (AvgIpc) is 2.60. The molecular weight excluding hydrogens is 338 g/mol. The number of hydrogen-bond donors (Lipinski definition) is 3. The third kappa shape index (κ3) is 4.17. The van der Waals surface area contributed by atoms with Crippen LogP contribution in [0.3, 0.4) is 0 Å². The lowest BCUT2D eigenvalue weighted by atomic mass is 9.62. The van der Waals surface area contributed by atoms with Crippen molar-refractivity contribution in [1.29, 1.82) is 0 Å². The summed E-state index contributed by atoms with van der Waals surface area (Å²) in [5.74, 6) is -0.375. The van der Waals surface area contributed by atoms with Gasteiger partial charge in [0.15, 0.2) is 0 Å². The molecule has 5 N–H and O–H groups in total. The summed E-state index contributed by atoms with van der Waals surface area (Å²) in [6, 6.07) is 6.05. The van der Waals surface area contributed by atoms with Crippen LogP contribution in [0.25, 0.3) is 0 Å². The Kier molecular flexibility index (Phi) is 8.35. The van der Waals surface area contributed by atoms with Crippen molar-refractivity contribution in [1.82, 2.24) is 5.32 Å². The van der Waals surface area contributed by atoms with Gasteiger partial charge in [-0.25, -0.2) is 0 Å². The Balaban J connectivity index is 0.00000312. The third-order valence-electron chi connectivity index (χ3n) is 5.63. The van der Waals surface area contributed by atoms with Crippen molar-refractivity contribution in [3.8, 4) is 0 Å². The fraction of sp³-hybridized carbons (Fsp3) is 0.632. The lowest BCUT2D eigenvalue weighted by Crippen LogP contribution is -2.59. The Morgan fingerprint density at radius 2 is 2.04 bits per heavy atom. The number of rotatable bonds is 8. The number of benzene rings is 1. The topological polar surface area (TPSA) is 90.4 Å². The minimum Gasteiger partial charge on any atom is -0.379 e. The van der Waals surface area contributed by atoms with Crippen LogP contribution in [0.4, 0.5) is 0 Å². The second-order valence-corrected chi connectivity index (χ2v) is 6.65. The van der Waals surface area contributed by atoms with Crippen LogP contribution in [0.15, 0.2) is 18.2 Å². The molecule has 1 aliphatic rings. The Morgan fingerprint density at radius 1 is 1.36 bits per heavy atom. The van der Waals surface area contributed by atoms with Gasteiger partial charge >= 0.3 is 0 Å².